The third-order valence-corrected chi connectivity index (χ3v) is 4.09. The molecule has 0 fully saturated rings. The van der Waals surface area contributed by atoms with Crippen molar-refractivity contribution in [2.75, 3.05) is 7.05 Å². The molecule has 0 saturated heterocycles. The van der Waals surface area contributed by atoms with Crippen molar-refractivity contribution in [2.45, 2.75) is 18.9 Å². The first-order chi connectivity index (χ1) is 9.99. The number of halogens is 4. The van der Waals surface area contributed by atoms with Gasteiger partial charge in [-0.05, 0) is 55.3 Å². The highest BCUT2D eigenvalue weighted by molar-refractivity contribution is 9.10. The average molecular weight is 358 g/mol. The van der Waals surface area contributed by atoms with Crippen molar-refractivity contribution >= 4 is 15.9 Å². The maximum absolute atomic E-state index is 13.2. The molecule has 1 nitrogen and oxygen atoms in total. The van der Waals surface area contributed by atoms with Crippen molar-refractivity contribution in [2.24, 2.45) is 0 Å². The van der Waals surface area contributed by atoms with Crippen LogP contribution >= 0.6 is 15.9 Å². The van der Waals surface area contributed by atoms with E-state index >= 15 is 0 Å². The van der Waals surface area contributed by atoms with E-state index in [-0.39, 0.29) is 11.9 Å². The summed E-state index contributed by atoms with van der Waals surface area (Å²) in [6.45, 7) is 0. The lowest BCUT2D eigenvalue weighted by molar-refractivity contribution is 0.503. The third-order valence-electron chi connectivity index (χ3n) is 3.36. The van der Waals surface area contributed by atoms with Gasteiger partial charge in [-0.25, -0.2) is 13.2 Å². The molecule has 0 aliphatic carbocycles. The minimum Gasteiger partial charge on any atom is -0.316 e. The number of rotatable bonds is 5. The van der Waals surface area contributed by atoms with Crippen molar-refractivity contribution in [3.8, 4) is 0 Å². The van der Waals surface area contributed by atoms with Crippen LogP contribution in [0.2, 0.25) is 0 Å². The molecule has 0 bridgehead atoms. The van der Waals surface area contributed by atoms with Crippen molar-refractivity contribution in [3.05, 3.63) is 69.4 Å². The molecule has 0 spiro atoms. The van der Waals surface area contributed by atoms with E-state index in [0.717, 1.165) is 11.6 Å². The number of nitrogens with one attached hydrogen (secondary N) is 1. The second-order valence-electron chi connectivity index (χ2n) is 4.88. The van der Waals surface area contributed by atoms with E-state index in [4.69, 9.17) is 0 Å². The molecule has 1 N–H and O–H groups in total. The van der Waals surface area contributed by atoms with Crippen LogP contribution in [0.5, 0.6) is 0 Å². The van der Waals surface area contributed by atoms with E-state index in [0.29, 0.717) is 22.9 Å². The first kappa shape index (κ1) is 16.0. The van der Waals surface area contributed by atoms with Gasteiger partial charge >= 0.3 is 0 Å². The van der Waals surface area contributed by atoms with E-state index in [1.807, 2.05) is 7.05 Å². The number of hydrogen-bond acceptors (Lipinski definition) is 1. The van der Waals surface area contributed by atoms with Crippen LogP contribution in [-0.2, 0) is 12.8 Å². The summed E-state index contributed by atoms with van der Waals surface area (Å²) < 4.78 is 39.9. The fraction of sp³-hybridized carbons (Fsp3) is 0.250. The molecule has 21 heavy (non-hydrogen) atoms. The second-order valence-corrected chi connectivity index (χ2v) is 5.73. The van der Waals surface area contributed by atoms with Gasteiger partial charge in [0.15, 0.2) is 11.6 Å². The van der Waals surface area contributed by atoms with E-state index in [1.165, 1.54) is 18.2 Å². The van der Waals surface area contributed by atoms with Crippen LogP contribution in [0.1, 0.15) is 11.1 Å². The molecule has 0 heterocycles. The zero-order valence-electron chi connectivity index (χ0n) is 11.5. The highest BCUT2D eigenvalue weighted by Gasteiger charge is 2.12. The first-order valence-corrected chi connectivity index (χ1v) is 7.34. The molecule has 0 radical (unpaired) electrons. The second kappa shape index (κ2) is 7.09. The van der Waals surface area contributed by atoms with Gasteiger partial charge in [0.05, 0.1) is 0 Å². The van der Waals surface area contributed by atoms with Gasteiger partial charge in [0.2, 0.25) is 0 Å². The van der Waals surface area contributed by atoms with E-state index in [2.05, 4.69) is 21.2 Å². The standard InChI is InChI=1S/C16H15BrF3N/c1-21-13(6-10-2-5-15(19)16(20)7-10)8-11-3-4-12(18)9-14(11)17/h2-5,7,9,13,21H,6,8H2,1H3. The Bertz CT molecular complexity index is 631. The molecule has 0 aliphatic rings. The summed E-state index contributed by atoms with van der Waals surface area (Å²) in [6.07, 6.45) is 1.20. The number of benzene rings is 2. The Morgan fingerprint density at radius 1 is 1.00 bits per heavy atom. The summed E-state index contributed by atoms with van der Waals surface area (Å²) in [5.41, 5.74) is 1.67. The monoisotopic (exact) mass is 357 g/mol. The highest BCUT2D eigenvalue weighted by Crippen LogP contribution is 2.21. The highest BCUT2D eigenvalue weighted by atomic mass is 79.9. The normalized spacial score (nSPS) is 12.4. The Morgan fingerprint density at radius 2 is 1.76 bits per heavy atom. The Kier molecular flexibility index (Phi) is 5.42. The summed E-state index contributed by atoms with van der Waals surface area (Å²) in [4.78, 5) is 0. The Hall–Kier alpha value is -1.33. The van der Waals surface area contributed by atoms with Gasteiger partial charge in [0, 0.05) is 10.5 Å². The molecule has 0 amide bonds. The van der Waals surface area contributed by atoms with Gasteiger partial charge in [-0.15, -0.1) is 0 Å². The third kappa shape index (κ3) is 4.32. The summed E-state index contributed by atoms with van der Waals surface area (Å²) in [5.74, 6) is -1.99. The lowest BCUT2D eigenvalue weighted by atomic mass is 9.99. The number of hydrogen-bond donors (Lipinski definition) is 1. The molecule has 5 heteroatoms. The minimum atomic E-state index is -0.846. The van der Waals surface area contributed by atoms with Crippen LogP contribution in [0.15, 0.2) is 40.9 Å². The molecule has 2 aromatic carbocycles. The number of likely N-dealkylation sites (N-methyl/N-ethyl adjacent to an activating group) is 1. The van der Waals surface area contributed by atoms with Crippen LogP contribution < -0.4 is 5.32 Å². The minimum absolute atomic E-state index is 0.0385. The van der Waals surface area contributed by atoms with Crippen LogP contribution in [-0.4, -0.2) is 13.1 Å². The fourth-order valence-corrected chi connectivity index (χ4v) is 2.69. The lowest BCUT2D eigenvalue weighted by Crippen LogP contribution is -2.30. The molecule has 1 unspecified atom stereocenters. The van der Waals surface area contributed by atoms with Crippen LogP contribution in [0.3, 0.4) is 0 Å². The summed E-state index contributed by atoms with van der Waals surface area (Å²) in [7, 11) is 1.81. The van der Waals surface area contributed by atoms with Crippen molar-refractivity contribution in [1.82, 2.24) is 5.32 Å². The summed E-state index contributed by atoms with van der Waals surface area (Å²) in [6, 6.07) is 8.49. The smallest absolute Gasteiger partial charge is 0.159 e. The molecule has 0 saturated carbocycles. The molecule has 1 atom stereocenters. The predicted octanol–water partition coefficient (Wildman–Crippen LogP) is 4.24. The van der Waals surface area contributed by atoms with Gasteiger partial charge in [0.25, 0.3) is 0 Å². The quantitative estimate of drug-likeness (QED) is 0.843. The molecule has 2 aromatic rings. The maximum Gasteiger partial charge on any atom is 0.159 e. The van der Waals surface area contributed by atoms with E-state index < -0.39 is 11.6 Å². The summed E-state index contributed by atoms with van der Waals surface area (Å²) in [5, 5.41) is 3.14. The van der Waals surface area contributed by atoms with Gasteiger partial charge in [-0.2, -0.15) is 0 Å². The van der Waals surface area contributed by atoms with Crippen molar-refractivity contribution in [3.63, 3.8) is 0 Å². The SMILES string of the molecule is CNC(Cc1ccc(F)c(F)c1)Cc1ccc(F)cc1Br. The molecular formula is C16H15BrF3N. The van der Waals surface area contributed by atoms with E-state index in [9.17, 15) is 13.2 Å². The van der Waals surface area contributed by atoms with Crippen LogP contribution in [0.25, 0.3) is 0 Å². The zero-order valence-corrected chi connectivity index (χ0v) is 13.1. The fourth-order valence-electron chi connectivity index (χ4n) is 2.18. The maximum atomic E-state index is 13.2. The van der Waals surface area contributed by atoms with Crippen molar-refractivity contribution in [1.29, 1.82) is 0 Å². The van der Waals surface area contributed by atoms with Gasteiger partial charge in [0.1, 0.15) is 5.82 Å². The zero-order chi connectivity index (χ0) is 15.4. The molecular weight excluding hydrogens is 343 g/mol. The Labute approximate surface area is 130 Å². The topological polar surface area (TPSA) is 12.0 Å². The Morgan fingerprint density at radius 3 is 2.38 bits per heavy atom. The molecule has 112 valence electrons. The van der Waals surface area contributed by atoms with Crippen LogP contribution in [0, 0.1) is 17.5 Å². The largest absolute Gasteiger partial charge is 0.316 e. The van der Waals surface area contributed by atoms with E-state index in [1.54, 1.807) is 12.1 Å². The lowest BCUT2D eigenvalue weighted by Gasteiger charge is -2.17. The van der Waals surface area contributed by atoms with Gasteiger partial charge in [-0.3, -0.25) is 0 Å². The van der Waals surface area contributed by atoms with Crippen molar-refractivity contribution < 1.29 is 13.2 Å². The molecule has 2 rings (SSSR count). The first-order valence-electron chi connectivity index (χ1n) is 6.54. The average Bonchev–Trinajstić information content (AvgIpc) is 2.44. The predicted molar refractivity (Wildman–Crippen MR) is 80.7 cm³/mol. The molecule has 0 aromatic heterocycles. The summed E-state index contributed by atoms with van der Waals surface area (Å²) >= 11 is 3.33. The van der Waals surface area contributed by atoms with Crippen LogP contribution in [0.4, 0.5) is 13.2 Å². The molecule has 0 aliphatic heterocycles. The van der Waals surface area contributed by atoms with Gasteiger partial charge < -0.3 is 5.32 Å². The van der Waals surface area contributed by atoms with Gasteiger partial charge in [-0.1, -0.05) is 28.1 Å². The Balaban J connectivity index is 2.10.